The van der Waals surface area contributed by atoms with Gasteiger partial charge in [-0.15, -0.1) is 5.10 Å². The molecule has 3 aromatic heterocycles. The molecule has 6 aromatic rings. The Bertz CT molecular complexity index is 2770. The first-order valence-corrected chi connectivity index (χ1v) is 22.0. The van der Waals surface area contributed by atoms with Crippen molar-refractivity contribution in [3.05, 3.63) is 108 Å². The molecule has 1 saturated carbocycles. The molecule has 4 heterocycles. The van der Waals surface area contributed by atoms with E-state index in [0.29, 0.717) is 53.1 Å². The number of amides is 3. The average Bonchev–Trinajstić information content (AvgIpc) is 3.89. The molecule has 0 radical (unpaired) electrons. The van der Waals surface area contributed by atoms with Gasteiger partial charge in [0.25, 0.3) is 5.91 Å². The molecule has 0 spiro atoms. The number of sulfone groups is 1. The number of nitrogens with one attached hydrogen (secondary N) is 3. The Morgan fingerprint density at radius 2 is 1.81 bits per heavy atom. The van der Waals surface area contributed by atoms with Gasteiger partial charge in [0.05, 0.1) is 27.8 Å². The minimum atomic E-state index is -4.07. The summed E-state index contributed by atoms with van der Waals surface area (Å²) in [5.41, 5.74) is 3.85. The van der Waals surface area contributed by atoms with Gasteiger partial charge in [0.15, 0.2) is 5.75 Å². The highest BCUT2D eigenvalue weighted by Gasteiger charge is 2.32. The molecule has 2 fully saturated rings. The predicted molar refractivity (Wildman–Crippen MR) is 225 cm³/mol. The van der Waals surface area contributed by atoms with Crippen LogP contribution in [0.3, 0.4) is 0 Å². The van der Waals surface area contributed by atoms with E-state index < -0.39 is 27.6 Å². The zero-order valence-electron chi connectivity index (χ0n) is 34.5. The molecule has 1 unspecified atom stereocenters. The van der Waals surface area contributed by atoms with Crippen molar-refractivity contribution in [2.75, 3.05) is 11.9 Å². The van der Waals surface area contributed by atoms with Crippen LogP contribution in [0.4, 0.5) is 16.0 Å². The van der Waals surface area contributed by atoms with Gasteiger partial charge in [0, 0.05) is 30.4 Å². The Labute approximate surface area is 357 Å². The fourth-order valence-electron chi connectivity index (χ4n) is 7.76. The molecule has 0 bridgehead atoms. The summed E-state index contributed by atoms with van der Waals surface area (Å²) in [4.78, 5) is 45.2. The number of ether oxygens (including phenoxy) is 2. The molecule has 1 aliphatic heterocycles. The van der Waals surface area contributed by atoms with Gasteiger partial charge in [0.2, 0.25) is 33.2 Å². The number of benzene rings is 3. The second-order valence-corrected chi connectivity index (χ2v) is 17.8. The Kier molecular flexibility index (Phi) is 11.9. The summed E-state index contributed by atoms with van der Waals surface area (Å²) in [6.07, 6.45) is 7.31. The zero-order chi connectivity index (χ0) is 43.7. The molecule has 8 rings (SSSR count). The lowest BCUT2D eigenvalue weighted by molar-refractivity contribution is -0.134. The predicted octanol–water partition coefficient (Wildman–Crippen LogP) is 6.32. The van der Waals surface area contributed by atoms with Crippen molar-refractivity contribution < 1.29 is 36.7 Å². The Morgan fingerprint density at radius 1 is 1.03 bits per heavy atom. The topological polar surface area (TPSA) is 201 Å². The number of nitrogens with zero attached hydrogens (tertiary/aromatic N) is 6. The van der Waals surface area contributed by atoms with Crippen LogP contribution in [0.25, 0.3) is 16.9 Å². The number of carbonyl (C=O) groups is 3. The lowest BCUT2D eigenvalue weighted by Gasteiger charge is -2.36. The first kappa shape index (κ1) is 42.2. The van der Waals surface area contributed by atoms with Gasteiger partial charge in [-0.05, 0) is 119 Å². The molecule has 18 heteroatoms. The quantitative estimate of drug-likeness (QED) is 0.0973. The van der Waals surface area contributed by atoms with Crippen LogP contribution in [-0.4, -0.2) is 74.3 Å². The first-order chi connectivity index (χ1) is 29.7. The van der Waals surface area contributed by atoms with E-state index in [1.807, 2.05) is 45.9 Å². The molecule has 2 atom stereocenters. The molecule has 2 aliphatic rings. The normalized spacial score (nSPS) is 18.3. The number of aromatic nitrogens is 6. The van der Waals surface area contributed by atoms with E-state index in [1.54, 1.807) is 41.3 Å². The first-order valence-electron chi connectivity index (χ1n) is 20.5. The SMILES string of the molecule is CCOC(C)n1cc(-c2ncn3nc(Nc4ccc(S(=O)(=O)c5cccc(CC6CC(c7ccc(C(=O)N[C@H]8CCC(=O)NC8=O)cc7)C6)c5)cc4F)nc3c2OC(C)C)cn1. The number of anilines is 2. The second kappa shape index (κ2) is 17.4. The van der Waals surface area contributed by atoms with Gasteiger partial charge in [-0.3, -0.25) is 19.7 Å². The van der Waals surface area contributed by atoms with Crippen LogP contribution in [0.1, 0.15) is 87.0 Å². The maximum atomic E-state index is 15.7. The highest BCUT2D eigenvalue weighted by molar-refractivity contribution is 7.91. The fraction of sp³-hybridized carbons (Fsp3) is 0.341. The monoisotopic (exact) mass is 863 g/mol. The summed E-state index contributed by atoms with van der Waals surface area (Å²) >= 11 is 0. The summed E-state index contributed by atoms with van der Waals surface area (Å²) < 4.78 is 58.1. The van der Waals surface area contributed by atoms with Crippen LogP contribution >= 0.6 is 0 Å². The third-order valence-corrected chi connectivity index (χ3v) is 12.8. The summed E-state index contributed by atoms with van der Waals surface area (Å²) in [6.45, 7) is 8.06. The van der Waals surface area contributed by atoms with E-state index >= 15 is 4.39 Å². The summed E-state index contributed by atoms with van der Waals surface area (Å²) in [7, 11) is -4.07. The van der Waals surface area contributed by atoms with Gasteiger partial charge < -0.3 is 20.1 Å². The third kappa shape index (κ3) is 8.92. The molecule has 1 saturated heterocycles. The number of hydrogen-bond donors (Lipinski definition) is 3. The molecule has 62 heavy (non-hydrogen) atoms. The van der Waals surface area contributed by atoms with Crippen LogP contribution in [0.15, 0.2) is 95.2 Å². The Hall–Kier alpha value is -6.53. The molecule has 3 amide bonds. The maximum absolute atomic E-state index is 15.7. The molecular weight excluding hydrogens is 818 g/mol. The molecule has 3 aromatic carbocycles. The number of hydrogen-bond acceptors (Lipinski definition) is 12. The maximum Gasteiger partial charge on any atom is 0.251 e. The van der Waals surface area contributed by atoms with E-state index in [4.69, 9.17) is 9.47 Å². The largest absolute Gasteiger partial charge is 0.485 e. The lowest BCUT2D eigenvalue weighted by atomic mass is 9.69. The van der Waals surface area contributed by atoms with E-state index in [9.17, 15) is 22.8 Å². The standard InChI is InChI=1S/C44H46FN9O7S/c1-5-60-26(4)53-23-32(22-47-53)39-40(61-25(2)3)41-51-44(52-54(41)24-46-39)49-36-14-13-34(21-35(36)45)62(58,59)33-8-6-7-27(20-33)17-28-18-31(19-28)29-9-11-30(12-10-29)42(56)48-37-15-16-38(55)50-43(37)57/h6-14,20-26,28,31,37H,5,15-19H2,1-4H3,(H,48,56)(H,49,52)(H,50,55,57)/t26?,28?,31?,37-/m0/s1. The molecular formula is C44H46FN9O7S. The molecule has 322 valence electrons. The van der Waals surface area contributed by atoms with Crippen LogP contribution in [-0.2, 0) is 30.6 Å². The number of piperidine rings is 1. The van der Waals surface area contributed by atoms with Gasteiger partial charge in [-0.25, -0.2) is 22.5 Å². The van der Waals surface area contributed by atoms with Crippen LogP contribution < -0.4 is 20.7 Å². The minimum absolute atomic E-state index is 0.0241. The second-order valence-electron chi connectivity index (χ2n) is 15.8. The molecule has 16 nitrogen and oxygen atoms in total. The van der Waals surface area contributed by atoms with Crippen LogP contribution in [0.5, 0.6) is 5.75 Å². The van der Waals surface area contributed by atoms with Crippen molar-refractivity contribution in [3.8, 4) is 17.0 Å². The minimum Gasteiger partial charge on any atom is -0.485 e. The van der Waals surface area contributed by atoms with Crippen LogP contribution in [0.2, 0.25) is 0 Å². The van der Waals surface area contributed by atoms with Gasteiger partial charge in [-0.2, -0.15) is 14.6 Å². The van der Waals surface area contributed by atoms with Gasteiger partial charge in [0.1, 0.15) is 30.1 Å². The highest BCUT2D eigenvalue weighted by atomic mass is 32.2. The van der Waals surface area contributed by atoms with E-state index in [0.717, 1.165) is 30.0 Å². The van der Waals surface area contributed by atoms with Crippen molar-refractivity contribution >= 4 is 44.8 Å². The fourth-order valence-corrected chi connectivity index (χ4v) is 9.11. The number of rotatable bonds is 15. The summed E-state index contributed by atoms with van der Waals surface area (Å²) in [5, 5.41) is 16.6. The van der Waals surface area contributed by atoms with E-state index in [-0.39, 0.29) is 58.4 Å². The van der Waals surface area contributed by atoms with Crippen molar-refractivity contribution in [1.82, 2.24) is 40.0 Å². The van der Waals surface area contributed by atoms with Gasteiger partial charge in [-0.1, -0.05) is 24.3 Å². The average molecular weight is 864 g/mol. The number of halogens is 1. The van der Waals surface area contributed by atoms with Crippen molar-refractivity contribution in [2.24, 2.45) is 5.92 Å². The highest BCUT2D eigenvalue weighted by Crippen LogP contribution is 2.43. The van der Waals surface area contributed by atoms with E-state index in [1.165, 1.54) is 29.0 Å². The smallest absolute Gasteiger partial charge is 0.251 e. The van der Waals surface area contributed by atoms with Crippen molar-refractivity contribution in [2.45, 2.75) is 93.9 Å². The van der Waals surface area contributed by atoms with E-state index in [2.05, 4.69) is 36.1 Å². The van der Waals surface area contributed by atoms with Gasteiger partial charge >= 0.3 is 0 Å². The summed E-state index contributed by atoms with van der Waals surface area (Å²) in [6, 6.07) is 17.0. The molecule has 1 aliphatic carbocycles. The summed E-state index contributed by atoms with van der Waals surface area (Å²) in [5.74, 6) is -1.00. The lowest BCUT2D eigenvalue weighted by Crippen LogP contribution is -2.52. The number of fused-ring (bicyclic) bond motifs is 1. The Balaban J connectivity index is 0.904. The van der Waals surface area contributed by atoms with Crippen LogP contribution in [0, 0.1) is 11.7 Å². The Morgan fingerprint density at radius 3 is 2.53 bits per heavy atom. The van der Waals surface area contributed by atoms with Crippen molar-refractivity contribution in [3.63, 3.8) is 0 Å². The third-order valence-electron chi connectivity index (χ3n) is 11.0. The number of imide groups is 1. The van der Waals surface area contributed by atoms with Crippen molar-refractivity contribution in [1.29, 1.82) is 0 Å². The number of carbonyl (C=O) groups excluding carboxylic acids is 3. The molecule has 3 N–H and O–H groups in total. The zero-order valence-corrected chi connectivity index (χ0v) is 35.4.